The van der Waals surface area contributed by atoms with Crippen molar-refractivity contribution >= 4 is 0 Å². The molecule has 1 aliphatic rings. The smallest absolute Gasteiger partial charge is 0.105 e. The minimum Gasteiger partial charge on any atom is -0.384 e. The van der Waals surface area contributed by atoms with E-state index in [0.29, 0.717) is 12.0 Å². The highest BCUT2D eigenvalue weighted by atomic mass is 16.5. The van der Waals surface area contributed by atoms with Gasteiger partial charge in [-0.25, -0.2) is 0 Å². The molecule has 2 unspecified atom stereocenters. The summed E-state index contributed by atoms with van der Waals surface area (Å²) in [7, 11) is 1.78. The molecule has 2 atom stereocenters. The van der Waals surface area contributed by atoms with Crippen molar-refractivity contribution < 1.29 is 4.74 Å². The number of nitrogens with one attached hydrogen (secondary N) is 1. The van der Waals surface area contributed by atoms with Crippen molar-refractivity contribution in [2.24, 2.45) is 5.92 Å². The molecule has 1 fully saturated rings. The van der Waals surface area contributed by atoms with Gasteiger partial charge in [0.2, 0.25) is 0 Å². The Morgan fingerprint density at radius 1 is 1.47 bits per heavy atom. The third kappa shape index (κ3) is 5.10. The van der Waals surface area contributed by atoms with E-state index in [0.717, 1.165) is 32.7 Å². The Morgan fingerprint density at radius 2 is 2.11 bits per heavy atom. The second kappa shape index (κ2) is 7.84. The van der Waals surface area contributed by atoms with Gasteiger partial charge in [-0.2, -0.15) is 5.26 Å². The van der Waals surface area contributed by atoms with Crippen LogP contribution in [0.4, 0.5) is 0 Å². The molecule has 0 saturated carbocycles. The van der Waals surface area contributed by atoms with Crippen molar-refractivity contribution in [2.75, 3.05) is 33.4 Å². The molecule has 1 heterocycles. The van der Waals surface area contributed by atoms with Gasteiger partial charge in [0.05, 0.1) is 6.07 Å². The first-order chi connectivity index (χ1) is 9.04. The van der Waals surface area contributed by atoms with Crippen LogP contribution in [0.5, 0.6) is 0 Å². The van der Waals surface area contributed by atoms with Gasteiger partial charge in [-0.3, -0.25) is 5.32 Å². The molecule has 1 saturated heterocycles. The topological polar surface area (TPSA) is 48.3 Å². The van der Waals surface area contributed by atoms with Crippen molar-refractivity contribution in [1.29, 1.82) is 5.26 Å². The molecule has 4 nitrogen and oxygen atoms in total. The van der Waals surface area contributed by atoms with Crippen LogP contribution in [-0.4, -0.2) is 49.8 Å². The number of ether oxygens (including phenoxy) is 1. The zero-order chi connectivity index (χ0) is 14.3. The number of nitriles is 1. The van der Waals surface area contributed by atoms with Crippen LogP contribution in [0.2, 0.25) is 0 Å². The van der Waals surface area contributed by atoms with Crippen LogP contribution in [0.25, 0.3) is 0 Å². The first-order valence-electron chi connectivity index (χ1n) is 7.44. The van der Waals surface area contributed by atoms with Crippen LogP contribution in [-0.2, 0) is 4.74 Å². The van der Waals surface area contributed by atoms with Crippen LogP contribution in [0.3, 0.4) is 0 Å². The molecule has 0 radical (unpaired) electrons. The third-order valence-electron chi connectivity index (χ3n) is 4.19. The number of rotatable bonds is 7. The summed E-state index contributed by atoms with van der Waals surface area (Å²) in [5.74, 6) is 0.713. The Balaban J connectivity index is 2.42. The molecule has 0 aromatic rings. The fraction of sp³-hybridized carbons (Fsp3) is 0.933. The highest BCUT2D eigenvalue weighted by Crippen LogP contribution is 2.22. The number of nitrogens with zero attached hydrogens (tertiary/aromatic N) is 2. The van der Waals surface area contributed by atoms with Crippen molar-refractivity contribution in [3.8, 4) is 6.07 Å². The first-order valence-corrected chi connectivity index (χ1v) is 7.44. The van der Waals surface area contributed by atoms with Crippen molar-refractivity contribution in [1.82, 2.24) is 10.2 Å². The average Bonchev–Trinajstić information content (AvgIpc) is 2.40. The average molecular weight is 267 g/mol. The van der Waals surface area contributed by atoms with E-state index in [1.54, 1.807) is 7.11 Å². The lowest BCUT2D eigenvalue weighted by atomic mass is 9.91. The van der Waals surface area contributed by atoms with E-state index in [1.807, 2.05) is 6.92 Å². The molecule has 4 heteroatoms. The highest BCUT2D eigenvalue weighted by Gasteiger charge is 2.29. The summed E-state index contributed by atoms with van der Waals surface area (Å²) in [6, 6.07) is 2.87. The molecule has 1 aliphatic heterocycles. The van der Waals surface area contributed by atoms with Gasteiger partial charge in [0.25, 0.3) is 0 Å². The number of likely N-dealkylation sites (tertiary alicyclic amines) is 1. The van der Waals surface area contributed by atoms with Crippen LogP contribution >= 0.6 is 0 Å². The molecule has 0 spiro atoms. The van der Waals surface area contributed by atoms with E-state index in [4.69, 9.17) is 4.74 Å². The highest BCUT2D eigenvalue weighted by molar-refractivity contribution is 5.05. The van der Waals surface area contributed by atoms with Crippen molar-refractivity contribution in [3.05, 3.63) is 0 Å². The van der Waals surface area contributed by atoms with E-state index in [-0.39, 0.29) is 0 Å². The minimum absolute atomic E-state index is 0.405. The summed E-state index contributed by atoms with van der Waals surface area (Å²) in [6.45, 7) is 10.3. The summed E-state index contributed by atoms with van der Waals surface area (Å²) >= 11 is 0. The molecule has 19 heavy (non-hydrogen) atoms. The van der Waals surface area contributed by atoms with Crippen LogP contribution in [0, 0.1) is 17.2 Å². The van der Waals surface area contributed by atoms with E-state index >= 15 is 0 Å². The number of hydrogen-bond donors (Lipinski definition) is 1. The normalized spacial score (nSPS) is 22.7. The van der Waals surface area contributed by atoms with E-state index in [9.17, 15) is 5.26 Å². The summed E-state index contributed by atoms with van der Waals surface area (Å²) in [5.41, 5.74) is -0.405. The molecule has 110 valence electrons. The Hall–Kier alpha value is -0.630. The molecule has 0 amide bonds. The Bertz CT molecular complexity index is 294. The SMILES string of the molecule is CCNC(C)(C#N)CC(C)N1CCC(COC)CC1. The van der Waals surface area contributed by atoms with Gasteiger partial charge < -0.3 is 9.64 Å². The lowest BCUT2D eigenvalue weighted by Crippen LogP contribution is -2.49. The molecule has 0 aromatic carbocycles. The van der Waals surface area contributed by atoms with Gasteiger partial charge in [0.15, 0.2) is 0 Å². The molecule has 1 rings (SSSR count). The second-order valence-corrected chi connectivity index (χ2v) is 5.96. The predicted molar refractivity (Wildman–Crippen MR) is 77.9 cm³/mol. The third-order valence-corrected chi connectivity index (χ3v) is 4.19. The molecule has 0 bridgehead atoms. The maximum atomic E-state index is 9.33. The first kappa shape index (κ1) is 16.4. The number of methoxy groups -OCH3 is 1. The summed E-state index contributed by atoms with van der Waals surface area (Å²) in [4.78, 5) is 2.51. The lowest BCUT2D eigenvalue weighted by molar-refractivity contribution is 0.0765. The fourth-order valence-corrected chi connectivity index (χ4v) is 3.06. The van der Waals surface area contributed by atoms with Gasteiger partial charge in [-0.1, -0.05) is 6.92 Å². The minimum atomic E-state index is -0.405. The van der Waals surface area contributed by atoms with E-state index in [1.165, 1.54) is 12.8 Å². The Kier molecular flexibility index (Phi) is 6.78. The van der Waals surface area contributed by atoms with Gasteiger partial charge in [-0.15, -0.1) is 0 Å². The van der Waals surface area contributed by atoms with Crippen LogP contribution in [0.15, 0.2) is 0 Å². The molecule has 0 aromatic heterocycles. The number of hydrogen-bond acceptors (Lipinski definition) is 4. The van der Waals surface area contributed by atoms with Crippen LogP contribution in [0.1, 0.15) is 40.0 Å². The summed E-state index contributed by atoms with van der Waals surface area (Å²) in [6.07, 6.45) is 3.30. The predicted octanol–water partition coefficient (Wildman–Crippen LogP) is 2.02. The van der Waals surface area contributed by atoms with Gasteiger partial charge in [-0.05, 0) is 58.7 Å². The quantitative estimate of drug-likeness (QED) is 0.766. The Morgan fingerprint density at radius 3 is 2.58 bits per heavy atom. The van der Waals surface area contributed by atoms with Gasteiger partial charge in [0, 0.05) is 19.8 Å². The largest absolute Gasteiger partial charge is 0.384 e. The van der Waals surface area contributed by atoms with E-state index in [2.05, 4.69) is 30.1 Å². The summed E-state index contributed by atoms with van der Waals surface area (Å²) in [5, 5.41) is 12.6. The molecule has 0 aliphatic carbocycles. The zero-order valence-electron chi connectivity index (χ0n) is 12.9. The van der Waals surface area contributed by atoms with Crippen molar-refractivity contribution in [3.63, 3.8) is 0 Å². The maximum absolute atomic E-state index is 9.33. The van der Waals surface area contributed by atoms with Crippen molar-refractivity contribution in [2.45, 2.75) is 51.6 Å². The fourth-order valence-electron chi connectivity index (χ4n) is 3.06. The Labute approximate surface area is 118 Å². The molecule has 1 N–H and O–H groups in total. The monoisotopic (exact) mass is 267 g/mol. The number of piperidine rings is 1. The molecular formula is C15H29N3O. The lowest BCUT2D eigenvalue weighted by Gasteiger charge is -2.38. The standard InChI is InChI=1S/C15H29N3O/c1-5-17-15(3,12-16)10-13(2)18-8-6-14(7-9-18)11-19-4/h13-14,17H,5-11H2,1-4H3. The van der Waals surface area contributed by atoms with Gasteiger partial charge >= 0.3 is 0 Å². The maximum Gasteiger partial charge on any atom is 0.105 e. The zero-order valence-corrected chi connectivity index (χ0v) is 12.9. The van der Waals surface area contributed by atoms with E-state index < -0.39 is 5.54 Å². The van der Waals surface area contributed by atoms with Gasteiger partial charge in [0.1, 0.15) is 5.54 Å². The summed E-state index contributed by atoms with van der Waals surface area (Å²) < 4.78 is 5.24. The van der Waals surface area contributed by atoms with Crippen LogP contribution < -0.4 is 5.32 Å². The second-order valence-electron chi connectivity index (χ2n) is 5.96. The molecular weight excluding hydrogens is 238 g/mol.